The first-order valence-corrected chi connectivity index (χ1v) is 8.22. The number of carbonyl (C=O) groups is 1. The fourth-order valence-corrected chi connectivity index (χ4v) is 3.61. The molecule has 1 aliphatic rings. The van der Waals surface area contributed by atoms with Gasteiger partial charge in [-0.15, -0.1) is 0 Å². The zero-order chi connectivity index (χ0) is 19.2. The summed E-state index contributed by atoms with van der Waals surface area (Å²) in [6.45, 7) is 0. The molecule has 2 N–H and O–H groups in total. The number of hydrogen-bond donors (Lipinski definition) is 2. The molecule has 4 rings (SSSR count). The van der Waals surface area contributed by atoms with Gasteiger partial charge >= 0.3 is 0 Å². The summed E-state index contributed by atoms with van der Waals surface area (Å²) in [5, 5.41) is 12.1. The van der Waals surface area contributed by atoms with Crippen molar-refractivity contribution in [3.63, 3.8) is 0 Å². The number of amides is 1. The van der Waals surface area contributed by atoms with Crippen LogP contribution in [-0.4, -0.2) is 18.1 Å². The van der Waals surface area contributed by atoms with E-state index in [1.165, 1.54) is 25.3 Å². The van der Waals surface area contributed by atoms with Gasteiger partial charge in [-0.25, -0.2) is 8.78 Å². The second-order valence-corrected chi connectivity index (χ2v) is 6.26. The summed E-state index contributed by atoms with van der Waals surface area (Å²) in [7, 11) is 1.53. The van der Waals surface area contributed by atoms with Crippen LogP contribution in [0, 0.1) is 11.6 Å². The number of nitrogens with one attached hydrogen (secondary N) is 1. The van der Waals surface area contributed by atoms with Crippen molar-refractivity contribution >= 4 is 11.6 Å². The van der Waals surface area contributed by atoms with Gasteiger partial charge in [-0.05, 0) is 41.5 Å². The van der Waals surface area contributed by atoms with Gasteiger partial charge < -0.3 is 15.2 Å². The minimum atomic E-state index is -1.39. The van der Waals surface area contributed by atoms with E-state index >= 15 is 0 Å². The van der Waals surface area contributed by atoms with Crippen molar-refractivity contribution in [2.75, 3.05) is 12.4 Å². The van der Waals surface area contributed by atoms with Gasteiger partial charge in [0.1, 0.15) is 16.9 Å². The van der Waals surface area contributed by atoms with Crippen LogP contribution in [0.3, 0.4) is 0 Å². The molecular formula is C21H15F2NO3. The van der Waals surface area contributed by atoms with Crippen LogP contribution in [0.4, 0.5) is 14.5 Å². The van der Waals surface area contributed by atoms with Crippen LogP contribution in [0.15, 0.2) is 60.7 Å². The van der Waals surface area contributed by atoms with Gasteiger partial charge in [0.2, 0.25) is 5.91 Å². The van der Waals surface area contributed by atoms with Crippen LogP contribution in [-0.2, 0) is 10.2 Å². The number of methoxy groups -OCH3 is 1. The van der Waals surface area contributed by atoms with E-state index in [9.17, 15) is 18.7 Å². The third-order valence-corrected chi connectivity index (χ3v) is 4.90. The summed E-state index contributed by atoms with van der Waals surface area (Å²) >= 11 is 0. The van der Waals surface area contributed by atoms with Gasteiger partial charge in [-0.2, -0.15) is 0 Å². The Bertz CT molecular complexity index is 1030. The Morgan fingerprint density at radius 1 is 0.926 bits per heavy atom. The Morgan fingerprint density at radius 2 is 1.52 bits per heavy atom. The highest BCUT2D eigenvalue weighted by atomic mass is 19.2. The molecule has 27 heavy (non-hydrogen) atoms. The van der Waals surface area contributed by atoms with Crippen LogP contribution in [0.2, 0.25) is 0 Å². The molecule has 0 aliphatic carbocycles. The normalized spacial score (nSPS) is 18.1. The topological polar surface area (TPSA) is 58.6 Å². The third kappa shape index (κ3) is 2.37. The molecule has 6 heteroatoms. The first kappa shape index (κ1) is 17.0. The summed E-state index contributed by atoms with van der Waals surface area (Å²) in [4.78, 5) is 13.2. The van der Waals surface area contributed by atoms with Crippen molar-refractivity contribution in [3.8, 4) is 11.5 Å². The number of rotatable bonds is 3. The largest absolute Gasteiger partial charge is 0.508 e. The van der Waals surface area contributed by atoms with Crippen molar-refractivity contribution in [1.29, 1.82) is 0 Å². The first-order valence-electron chi connectivity index (χ1n) is 8.22. The molecule has 1 atom stereocenters. The number of carbonyl (C=O) groups excluding carboxylic acids is 1. The molecule has 1 unspecified atom stereocenters. The molecule has 1 amide bonds. The number of anilines is 1. The first-order chi connectivity index (χ1) is 13.0. The predicted octanol–water partition coefficient (Wildman–Crippen LogP) is 3.97. The summed E-state index contributed by atoms with van der Waals surface area (Å²) < 4.78 is 33.3. The number of hydrogen-bond acceptors (Lipinski definition) is 3. The summed E-state index contributed by atoms with van der Waals surface area (Å²) in [6, 6.07) is 15.3. The molecule has 0 saturated carbocycles. The highest BCUT2D eigenvalue weighted by Crippen LogP contribution is 2.49. The molecule has 136 valence electrons. The number of phenolic OH excluding ortho intramolecular Hbond substituents is 1. The zero-order valence-electron chi connectivity index (χ0n) is 14.3. The highest BCUT2D eigenvalue weighted by molar-refractivity contribution is 6.11. The number of halogens is 2. The van der Waals surface area contributed by atoms with E-state index in [0.717, 1.165) is 6.07 Å². The fourth-order valence-electron chi connectivity index (χ4n) is 3.61. The quantitative estimate of drug-likeness (QED) is 0.737. The van der Waals surface area contributed by atoms with Gasteiger partial charge in [-0.1, -0.05) is 30.3 Å². The van der Waals surface area contributed by atoms with Gasteiger partial charge in [0.15, 0.2) is 11.6 Å². The van der Waals surface area contributed by atoms with Crippen LogP contribution in [0.5, 0.6) is 11.5 Å². The van der Waals surface area contributed by atoms with Crippen LogP contribution >= 0.6 is 0 Å². The van der Waals surface area contributed by atoms with Gasteiger partial charge in [-0.3, -0.25) is 4.79 Å². The molecule has 3 aromatic carbocycles. The summed E-state index contributed by atoms with van der Waals surface area (Å²) in [5.74, 6) is -2.01. The number of benzene rings is 3. The highest BCUT2D eigenvalue weighted by Gasteiger charge is 2.51. The lowest BCUT2D eigenvalue weighted by atomic mass is 9.70. The second-order valence-electron chi connectivity index (χ2n) is 6.26. The zero-order valence-corrected chi connectivity index (χ0v) is 14.3. The maximum atomic E-state index is 14.4. The molecule has 3 aromatic rings. The SMILES string of the molecule is COc1ccc(C2(c3ccc(O)cc3)C(=O)Nc3c2ccc(F)c3F)cc1. The Morgan fingerprint density at radius 3 is 2.11 bits per heavy atom. The molecule has 0 fully saturated rings. The summed E-state index contributed by atoms with van der Waals surface area (Å²) in [5.41, 5.74) is -0.167. The van der Waals surface area contributed by atoms with E-state index in [2.05, 4.69) is 5.32 Å². The van der Waals surface area contributed by atoms with Gasteiger partial charge in [0, 0.05) is 5.56 Å². The molecule has 4 nitrogen and oxygen atoms in total. The van der Waals surface area contributed by atoms with Crippen molar-refractivity contribution in [1.82, 2.24) is 0 Å². The molecule has 0 spiro atoms. The minimum absolute atomic E-state index is 0.0348. The monoisotopic (exact) mass is 367 g/mol. The van der Waals surface area contributed by atoms with E-state index in [4.69, 9.17) is 4.74 Å². The lowest BCUT2D eigenvalue weighted by molar-refractivity contribution is -0.118. The Kier molecular flexibility index (Phi) is 3.84. The minimum Gasteiger partial charge on any atom is -0.508 e. The number of phenols is 1. The number of aromatic hydroxyl groups is 1. The maximum absolute atomic E-state index is 14.4. The van der Waals surface area contributed by atoms with Gasteiger partial charge in [0.25, 0.3) is 0 Å². The molecule has 0 radical (unpaired) electrons. The van der Waals surface area contributed by atoms with Crippen molar-refractivity contribution in [2.45, 2.75) is 5.41 Å². The van der Waals surface area contributed by atoms with Crippen molar-refractivity contribution in [3.05, 3.63) is 89.0 Å². The average molecular weight is 367 g/mol. The predicted molar refractivity (Wildman–Crippen MR) is 96.0 cm³/mol. The molecule has 0 bridgehead atoms. The molecule has 0 saturated heterocycles. The van der Waals surface area contributed by atoms with Crippen LogP contribution < -0.4 is 10.1 Å². The Labute approximate surface area is 154 Å². The lowest BCUT2D eigenvalue weighted by Crippen LogP contribution is -2.36. The summed E-state index contributed by atoms with van der Waals surface area (Å²) in [6.07, 6.45) is 0. The molecule has 1 aliphatic heterocycles. The van der Waals surface area contributed by atoms with E-state index in [0.29, 0.717) is 22.4 Å². The maximum Gasteiger partial charge on any atom is 0.244 e. The molecule has 1 heterocycles. The van der Waals surface area contributed by atoms with E-state index in [1.807, 2.05) is 0 Å². The molecule has 0 aromatic heterocycles. The number of ether oxygens (including phenoxy) is 1. The van der Waals surface area contributed by atoms with Crippen LogP contribution in [0.1, 0.15) is 16.7 Å². The van der Waals surface area contributed by atoms with Gasteiger partial charge in [0.05, 0.1) is 12.8 Å². The van der Waals surface area contributed by atoms with Crippen molar-refractivity contribution in [2.24, 2.45) is 0 Å². The van der Waals surface area contributed by atoms with Crippen molar-refractivity contribution < 1.29 is 23.4 Å². The van der Waals surface area contributed by atoms with E-state index < -0.39 is 23.0 Å². The Balaban J connectivity index is 2.05. The molecular weight excluding hydrogens is 352 g/mol. The van der Waals surface area contributed by atoms with E-state index in [-0.39, 0.29) is 11.4 Å². The van der Waals surface area contributed by atoms with Crippen LogP contribution in [0.25, 0.3) is 0 Å². The average Bonchev–Trinajstić information content (AvgIpc) is 2.99. The fraction of sp³-hybridized carbons (Fsp3) is 0.0952. The smallest absolute Gasteiger partial charge is 0.244 e. The third-order valence-electron chi connectivity index (χ3n) is 4.90. The number of fused-ring (bicyclic) bond motifs is 1. The lowest BCUT2D eigenvalue weighted by Gasteiger charge is -2.29. The Hall–Kier alpha value is -3.41. The second kappa shape index (κ2) is 6.09. The van der Waals surface area contributed by atoms with E-state index in [1.54, 1.807) is 36.4 Å². The standard InChI is InChI=1S/C21H15F2NO3/c1-27-15-8-4-13(5-9-15)21(12-2-6-14(25)7-3-12)16-10-11-17(22)18(23)19(16)24-20(21)26/h2-11,25H,1H3,(H,24,26).